The maximum absolute atomic E-state index is 4.65. The Morgan fingerprint density at radius 1 is 1.18 bits per heavy atom. The van der Waals surface area contributed by atoms with E-state index < -0.39 is 0 Å². The van der Waals surface area contributed by atoms with Gasteiger partial charge in [-0.15, -0.1) is 0 Å². The molecule has 0 spiro atoms. The number of aryl methyl sites for hydroxylation is 1. The third-order valence-electron chi connectivity index (χ3n) is 4.20. The van der Waals surface area contributed by atoms with Crippen molar-refractivity contribution in [2.24, 2.45) is 7.05 Å². The summed E-state index contributed by atoms with van der Waals surface area (Å²) in [6.07, 6.45) is 11.6. The topological polar surface area (TPSA) is 73.5 Å². The van der Waals surface area contributed by atoms with Gasteiger partial charge in [-0.25, -0.2) is 9.67 Å². The van der Waals surface area contributed by atoms with Crippen molar-refractivity contribution in [1.82, 2.24) is 29.3 Å². The highest BCUT2D eigenvalue weighted by Gasteiger charge is 2.18. The monoisotopic (exact) mass is 297 g/mol. The molecular weight excluding hydrogens is 278 g/mol. The van der Waals surface area contributed by atoms with Gasteiger partial charge in [-0.05, 0) is 18.9 Å². The minimum Gasteiger partial charge on any atom is -0.365 e. The molecule has 0 radical (unpaired) electrons. The number of rotatable bonds is 3. The van der Waals surface area contributed by atoms with Crippen LogP contribution >= 0.6 is 0 Å². The first-order valence-corrected chi connectivity index (χ1v) is 7.77. The molecule has 3 aromatic heterocycles. The summed E-state index contributed by atoms with van der Waals surface area (Å²) in [5.74, 6) is 1.38. The Kier molecular flexibility index (Phi) is 3.25. The lowest BCUT2D eigenvalue weighted by molar-refractivity contribution is 0.462. The van der Waals surface area contributed by atoms with Gasteiger partial charge in [0.25, 0.3) is 5.95 Å². The third-order valence-corrected chi connectivity index (χ3v) is 4.20. The van der Waals surface area contributed by atoms with E-state index in [1.165, 1.54) is 32.1 Å². The summed E-state index contributed by atoms with van der Waals surface area (Å²) >= 11 is 0. The van der Waals surface area contributed by atoms with Gasteiger partial charge in [0, 0.05) is 25.5 Å². The van der Waals surface area contributed by atoms with E-state index in [1.54, 1.807) is 17.2 Å². The van der Waals surface area contributed by atoms with E-state index in [0.29, 0.717) is 12.0 Å². The summed E-state index contributed by atoms with van der Waals surface area (Å²) in [5, 5.41) is 7.80. The molecule has 3 heterocycles. The highest BCUT2D eigenvalue weighted by molar-refractivity contribution is 5.83. The van der Waals surface area contributed by atoms with E-state index in [1.807, 2.05) is 23.9 Å². The molecule has 0 unspecified atom stereocenters. The van der Waals surface area contributed by atoms with E-state index in [2.05, 4.69) is 25.4 Å². The Balaban J connectivity index is 1.77. The number of aromatic nitrogens is 6. The summed E-state index contributed by atoms with van der Waals surface area (Å²) in [5.41, 5.74) is 1.64. The lowest BCUT2D eigenvalue weighted by Crippen LogP contribution is -2.23. The van der Waals surface area contributed by atoms with E-state index in [9.17, 15) is 0 Å². The Morgan fingerprint density at radius 2 is 2.05 bits per heavy atom. The lowest BCUT2D eigenvalue weighted by Gasteiger charge is -2.23. The Bertz CT molecular complexity index is 769. The van der Waals surface area contributed by atoms with E-state index in [-0.39, 0.29) is 0 Å². The van der Waals surface area contributed by atoms with Crippen LogP contribution < -0.4 is 5.32 Å². The molecule has 0 amide bonds. The van der Waals surface area contributed by atoms with Crippen LogP contribution in [-0.4, -0.2) is 35.3 Å². The summed E-state index contributed by atoms with van der Waals surface area (Å²) in [4.78, 5) is 13.7. The predicted octanol–water partition coefficient (Wildman–Crippen LogP) is 2.29. The zero-order valence-corrected chi connectivity index (χ0v) is 12.6. The maximum atomic E-state index is 4.65. The molecule has 0 atom stereocenters. The van der Waals surface area contributed by atoms with Crippen LogP contribution in [0.2, 0.25) is 0 Å². The van der Waals surface area contributed by atoms with E-state index >= 15 is 0 Å². The van der Waals surface area contributed by atoms with Crippen LogP contribution in [0.3, 0.4) is 0 Å². The summed E-state index contributed by atoms with van der Waals surface area (Å²) < 4.78 is 3.59. The van der Waals surface area contributed by atoms with Crippen LogP contribution in [0.4, 0.5) is 5.82 Å². The van der Waals surface area contributed by atoms with Crippen LogP contribution in [0.25, 0.3) is 17.1 Å². The Morgan fingerprint density at radius 3 is 2.82 bits per heavy atom. The van der Waals surface area contributed by atoms with E-state index in [4.69, 9.17) is 0 Å². The Labute approximate surface area is 128 Å². The minimum absolute atomic E-state index is 0.472. The molecule has 1 aliphatic rings. The first kappa shape index (κ1) is 13.2. The van der Waals surface area contributed by atoms with Gasteiger partial charge in [0.15, 0.2) is 17.0 Å². The average molecular weight is 297 g/mol. The molecule has 114 valence electrons. The standard InChI is InChI=1S/C15H19N7/c1-21-10-16-12-13(18-11-6-3-2-4-7-11)19-15(20-14(12)21)22-9-5-8-17-22/h5,8-11H,2-4,6-7H2,1H3,(H,18,19,20). The minimum atomic E-state index is 0.472. The number of fused-ring (bicyclic) bond motifs is 1. The fourth-order valence-electron chi connectivity index (χ4n) is 3.03. The largest absolute Gasteiger partial charge is 0.365 e. The molecule has 1 fully saturated rings. The molecule has 4 rings (SSSR count). The van der Waals surface area contributed by atoms with Crippen molar-refractivity contribution in [3.05, 3.63) is 24.8 Å². The molecule has 1 saturated carbocycles. The van der Waals surface area contributed by atoms with Crippen LogP contribution in [0.15, 0.2) is 24.8 Å². The lowest BCUT2D eigenvalue weighted by atomic mass is 9.95. The van der Waals surface area contributed by atoms with Gasteiger partial charge in [-0.1, -0.05) is 19.3 Å². The van der Waals surface area contributed by atoms with Crippen LogP contribution in [0.1, 0.15) is 32.1 Å². The number of nitrogens with zero attached hydrogens (tertiary/aromatic N) is 6. The van der Waals surface area contributed by atoms with Gasteiger partial charge >= 0.3 is 0 Å². The van der Waals surface area contributed by atoms with Crippen molar-refractivity contribution in [3.8, 4) is 5.95 Å². The number of anilines is 1. The molecule has 0 bridgehead atoms. The molecule has 1 N–H and O–H groups in total. The highest BCUT2D eigenvalue weighted by Crippen LogP contribution is 2.25. The molecular formula is C15H19N7. The fraction of sp³-hybridized carbons (Fsp3) is 0.467. The first-order valence-electron chi connectivity index (χ1n) is 7.77. The third kappa shape index (κ3) is 2.32. The van der Waals surface area contributed by atoms with Crippen LogP contribution in [0, 0.1) is 0 Å². The molecule has 0 aromatic carbocycles. The van der Waals surface area contributed by atoms with Gasteiger partial charge in [-0.3, -0.25) is 0 Å². The summed E-state index contributed by atoms with van der Waals surface area (Å²) in [6, 6.07) is 2.34. The number of hydrogen-bond acceptors (Lipinski definition) is 5. The zero-order valence-electron chi connectivity index (χ0n) is 12.6. The zero-order chi connectivity index (χ0) is 14.9. The SMILES string of the molecule is Cn1cnc2c(NC3CCCCC3)nc(-n3cccn3)nc21. The van der Waals surface area contributed by atoms with Crippen molar-refractivity contribution >= 4 is 17.0 Å². The molecule has 3 aromatic rings. The molecule has 7 heteroatoms. The quantitative estimate of drug-likeness (QED) is 0.803. The number of imidazole rings is 1. The second kappa shape index (κ2) is 5.40. The normalized spacial score (nSPS) is 16.2. The molecule has 22 heavy (non-hydrogen) atoms. The summed E-state index contributed by atoms with van der Waals surface area (Å²) in [6.45, 7) is 0. The second-order valence-corrected chi connectivity index (χ2v) is 5.83. The van der Waals surface area contributed by atoms with Crippen molar-refractivity contribution in [1.29, 1.82) is 0 Å². The second-order valence-electron chi connectivity index (χ2n) is 5.83. The van der Waals surface area contributed by atoms with Crippen molar-refractivity contribution < 1.29 is 0 Å². The Hall–Kier alpha value is -2.44. The van der Waals surface area contributed by atoms with Crippen LogP contribution in [0.5, 0.6) is 0 Å². The molecule has 1 aliphatic carbocycles. The average Bonchev–Trinajstić information content (AvgIpc) is 3.19. The maximum Gasteiger partial charge on any atom is 0.254 e. The van der Waals surface area contributed by atoms with Gasteiger partial charge in [0.1, 0.15) is 0 Å². The van der Waals surface area contributed by atoms with Gasteiger partial charge in [-0.2, -0.15) is 15.1 Å². The van der Waals surface area contributed by atoms with Crippen molar-refractivity contribution in [2.75, 3.05) is 5.32 Å². The smallest absolute Gasteiger partial charge is 0.254 e. The van der Waals surface area contributed by atoms with Gasteiger partial charge in [0.2, 0.25) is 0 Å². The highest BCUT2D eigenvalue weighted by atomic mass is 15.4. The van der Waals surface area contributed by atoms with Crippen LogP contribution in [-0.2, 0) is 7.05 Å². The van der Waals surface area contributed by atoms with E-state index in [0.717, 1.165) is 17.0 Å². The molecule has 0 aliphatic heterocycles. The van der Waals surface area contributed by atoms with Crippen molar-refractivity contribution in [3.63, 3.8) is 0 Å². The number of hydrogen-bond donors (Lipinski definition) is 1. The predicted molar refractivity (Wildman–Crippen MR) is 83.9 cm³/mol. The van der Waals surface area contributed by atoms with Gasteiger partial charge < -0.3 is 9.88 Å². The molecule has 7 nitrogen and oxygen atoms in total. The number of nitrogens with one attached hydrogen (secondary N) is 1. The summed E-state index contributed by atoms with van der Waals surface area (Å²) in [7, 11) is 1.94. The first-order chi connectivity index (χ1) is 10.8. The molecule has 0 saturated heterocycles. The van der Waals surface area contributed by atoms with Crippen molar-refractivity contribution in [2.45, 2.75) is 38.1 Å². The van der Waals surface area contributed by atoms with Gasteiger partial charge in [0.05, 0.1) is 6.33 Å². The fourth-order valence-corrected chi connectivity index (χ4v) is 3.03.